The van der Waals surface area contributed by atoms with Gasteiger partial charge in [-0.25, -0.2) is 4.98 Å². The van der Waals surface area contributed by atoms with Crippen LogP contribution in [0, 0.1) is 0 Å². The van der Waals surface area contributed by atoms with E-state index in [4.69, 9.17) is 5.73 Å². The van der Waals surface area contributed by atoms with E-state index in [-0.39, 0.29) is 24.6 Å². The summed E-state index contributed by atoms with van der Waals surface area (Å²) in [6.45, 7) is -0.0652. The number of nitrogens with one attached hydrogen (secondary N) is 2. The van der Waals surface area contributed by atoms with Gasteiger partial charge in [-0.2, -0.15) is 0 Å². The highest BCUT2D eigenvalue weighted by Crippen LogP contribution is 2.15. The molecule has 1 aromatic carbocycles. The third-order valence-corrected chi connectivity index (χ3v) is 2.96. The van der Waals surface area contributed by atoms with Gasteiger partial charge in [0.1, 0.15) is 13.1 Å². The maximum atomic E-state index is 12.0. The number of hydrogen-bond acceptors (Lipinski definition) is 6. The van der Waals surface area contributed by atoms with E-state index in [1.807, 2.05) is 0 Å². The molecule has 2 amide bonds. The Morgan fingerprint density at radius 1 is 1.15 bits per heavy atom. The van der Waals surface area contributed by atoms with E-state index in [2.05, 4.69) is 15.3 Å². The number of aromatic amines is 1. The molecule has 0 bridgehead atoms. The number of anilines is 2. The SMILES string of the molecule is Nc1ccc2nc(N3CC(=O)NC(=O)C3)[nH]c(=O)c2c1. The number of nitrogens with two attached hydrogens (primary N) is 1. The first kappa shape index (κ1) is 12.2. The number of nitrogen functional groups attached to an aromatic ring is 1. The van der Waals surface area contributed by atoms with Gasteiger partial charge in [0.05, 0.1) is 10.9 Å². The molecule has 1 fully saturated rings. The number of piperazine rings is 1. The summed E-state index contributed by atoms with van der Waals surface area (Å²) < 4.78 is 0. The summed E-state index contributed by atoms with van der Waals surface area (Å²) in [4.78, 5) is 42.9. The van der Waals surface area contributed by atoms with Crippen LogP contribution in [-0.2, 0) is 9.59 Å². The third kappa shape index (κ3) is 2.07. The minimum atomic E-state index is -0.429. The van der Waals surface area contributed by atoms with E-state index >= 15 is 0 Å². The number of amides is 2. The summed E-state index contributed by atoms with van der Waals surface area (Å²) in [5.74, 6) is -0.668. The molecular weight excluding hydrogens is 262 g/mol. The molecule has 1 aromatic heterocycles. The van der Waals surface area contributed by atoms with Gasteiger partial charge in [0.15, 0.2) is 0 Å². The summed E-state index contributed by atoms with van der Waals surface area (Å²) in [5.41, 5.74) is 6.17. The molecule has 2 heterocycles. The Hall–Kier alpha value is -2.90. The maximum absolute atomic E-state index is 12.0. The van der Waals surface area contributed by atoms with Crippen molar-refractivity contribution in [3.63, 3.8) is 0 Å². The fraction of sp³-hybridized carbons (Fsp3) is 0.167. The van der Waals surface area contributed by atoms with Crippen molar-refractivity contribution in [3.05, 3.63) is 28.6 Å². The second-order valence-corrected chi connectivity index (χ2v) is 4.49. The second-order valence-electron chi connectivity index (χ2n) is 4.49. The first-order valence-electron chi connectivity index (χ1n) is 5.90. The summed E-state index contributed by atoms with van der Waals surface area (Å²) in [6.07, 6.45) is 0. The molecule has 8 nitrogen and oxygen atoms in total. The van der Waals surface area contributed by atoms with Crippen molar-refractivity contribution >= 4 is 34.4 Å². The molecule has 0 saturated carbocycles. The van der Waals surface area contributed by atoms with Crippen molar-refractivity contribution in [2.45, 2.75) is 0 Å². The molecule has 8 heteroatoms. The number of fused-ring (bicyclic) bond motifs is 1. The first-order valence-corrected chi connectivity index (χ1v) is 5.90. The number of rotatable bonds is 1. The maximum Gasteiger partial charge on any atom is 0.260 e. The zero-order valence-electron chi connectivity index (χ0n) is 10.3. The van der Waals surface area contributed by atoms with Gasteiger partial charge in [0, 0.05) is 5.69 Å². The number of aromatic nitrogens is 2. The molecule has 2 aromatic rings. The monoisotopic (exact) mass is 273 g/mol. The van der Waals surface area contributed by atoms with Crippen LogP contribution in [0.15, 0.2) is 23.0 Å². The number of carbonyl (C=O) groups excluding carboxylic acids is 2. The van der Waals surface area contributed by atoms with Crippen LogP contribution in [0.3, 0.4) is 0 Å². The van der Waals surface area contributed by atoms with Crippen molar-refractivity contribution in [2.24, 2.45) is 0 Å². The summed E-state index contributed by atoms with van der Waals surface area (Å²) in [5, 5.41) is 2.54. The van der Waals surface area contributed by atoms with E-state index < -0.39 is 11.8 Å². The highest BCUT2D eigenvalue weighted by atomic mass is 16.2. The Labute approximate surface area is 112 Å². The van der Waals surface area contributed by atoms with Crippen LogP contribution in [-0.4, -0.2) is 34.9 Å². The van der Waals surface area contributed by atoms with E-state index in [0.29, 0.717) is 16.6 Å². The van der Waals surface area contributed by atoms with Crippen LogP contribution in [0.1, 0.15) is 0 Å². The van der Waals surface area contributed by atoms with Gasteiger partial charge in [-0.15, -0.1) is 0 Å². The van der Waals surface area contributed by atoms with Crippen LogP contribution >= 0.6 is 0 Å². The predicted octanol–water partition coefficient (Wildman–Crippen LogP) is -1.03. The van der Waals surface area contributed by atoms with E-state index in [0.717, 1.165) is 0 Å². The molecule has 0 spiro atoms. The molecule has 0 radical (unpaired) electrons. The number of nitrogens with zero attached hydrogens (tertiary/aromatic N) is 2. The molecule has 4 N–H and O–H groups in total. The smallest absolute Gasteiger partial charge is 0.260 e. The molecule has 0 aliphatic carbocycles. The number of H-pyrrole nitrogens is 1. The number of carbonyl (C=O) groups is 2. The molecule has 0 unspecified atom stereocenters. The fourth-order valence-corrected chi connectivity index (χ4v) is 2.08. The zero-order valence-corrected chi connectivity index (χ0v) is 10.3. The molecular formula is C12H11N5O3. The number of hydrogen-bond donors (Lipinski definition) is 3. The number of imide groups is 1. The van der Waals surface area contributed by atoms with Gasteiger partial charge in [-0.1, -0.05) is 0 Å². The average Bonchev–Trinajstić information content (AvgIpc) is 2.38. The minimum absolute atomic E-state index is 0.0326. The lowest BCUT2D eigenvalue weighted by atomic mass is 10.2. The normalized spacial score (nSPS) is 15.5. The van der Waals surface area contributed by atoms with Crippen molar-refractivity contribution in [1.82, 2.24) is 15.3 Å². The lowest BCUT2D eigenvalue weighted by molar-refractivity contribution is -0.130. The average molecular weight is 273 g/mol. The van der Waals surface area contributed by atoms with Gasteiger partial charge in [-0.3, -0.25) is 24.7 Å². The molecule has 3 rings (SSSR count). The summed E-state index contributed by atoms with van der Waals surface area (Å²) in [6, 6.07) is 4.78. The molecule has 0 atom stereocenters. The fourth-order valence-electron chi connectivity index (χ4n) is 2.08. The number of benzene rings is 1. The van der Waals surface area contributed by atoms with Crippen LogP contribution in [0.4, 0.5) is 11.6 Å². The van der Waals surface area contributed by atoms with Crippen LogP contribution < -0.4 is 21.5 Å². The van der Waals surface area contributed by atoms with Crippen molar-refractivity contribution in [1.29, 1.82) is 0 Å². The lowest BCUT2D eigenvalue weighted by Crippen LogP contribution is -2.52. The summed E-state index contributed by atoms with van der Waals surface area (Å²) >= 11 is 0. The molecule has 1 aliphatic heterocycles. The van der Waals surface area contributed by atoms with Gasteiger partial charge in [0.25, 0.3) is 5.56 Å². The Bertz CT molecular complexity index is 766. The standard InChI is InChI=1S/C12H11N5O3/c13-6-1-2-8-7(3-6)11(20)16-12(14-8)17-4-9(18)15-10(19)5-17/h1-3H,4-5,13H2,(H,14,16,20)(H,15,18,19). The van der Waals surface area contributed by atoms with E-state index in [9.17, 15) is 14.4 Å². The van der Waals surface area contributed by atoms with Gasteiger partial charge >= 0.3 is 0 Å². The Morgan fingerprint density at radius 3 is 2.55 bits per heavy atom. The molecule has 20 heavy (non-hydrogen) atoms. The molecule has 1 aliphatic rings. The topological polar surface area (TPSA) is 121 Å². The first-order chi connectivity index (χ1) is 9.52. The van der Waals surface area contributed by atoms with Crippen molar-refractivity contribution in [3.8, 4) is 0 Å². The van der Waals surface area contributed by atoms with Gasteiger partial charge in [0.2, 0.25) is 17.8 Å². The zero-order chi connectivity index (χ0) is 14.3. The van der Waals surface area contributed by atoms with E-state index in [1.165, 1.54) is 11.0 Å². The predicted molar refractivity (Wildman–Crippen MR) is 72.1 cm³/mol. The van der Waals surface area contributed by atoms with Crippen LogP contribution in [0.25, 0.3) is 10.9 Å². The third-order valence-electron chi connectivity index (χ3n) is 2.96. The van der Waals surface area contributed by atoms with Crippen molar-refractivity contribution in [2.75, 3.05) is 23.7 Å². The van der Waals surface area contributed by atoms with Gasteiger partial charge < -0.3 is 10.6 Å². The molecule has 102 valence electrons. The lowest BCUT2D eigenvalue weighted by Gasteiger charge is -2.25. The van der Waals surface area contributed by atoms with Crippen LogP contribution in [0.2, 0.25) is 0 Å². The Morgan fingerprint density at radius 2 is 1.85 bits per heavy atom. The quantitative estimate of drug-likeness (QED) is 0.451. The Balaban J connectivity index is 2.09. The van der Waals surface area contributed by atoms with Crippen molar-refractivity contribution < 1.29 is 9.59 Å². The van der Waals surface area contributed by atoms with Crippen LogP contribution in [0.5, 0.6) is 0 Å². The highest BCUT2D eigenvalue weighted by Gasteiger charge is 2.24. The molecule has 1 saturated heterocycles. The van der Waals surface area contributed by atoms with Gasteiger partial charge in [-0.05, 0) is 18.2 Å². The largest absolute Gasteiger partial charge is 0.399 e. The summed E-state index contributed by atoms with van der Waals surface area (Å²) in [7, 11) is 0. The highest BCUT2D eigenvalue weighted by molar-refractivity contribution is 6.02. The second kappa shape index (κ2) is 4.34. The minimum Gasteiger partial charge on any atom is -0.399 e. The van der Waals surface area contributed by atoms with E-state index in [1.54, 1.807) is 12.1 Å². The Kier molecular flexibility index (Phi) is 2.63.